The van der Waals surface area contributed by atoms with Crippen LogP contribution in [0.25, 0.3) is 11.0 Å². The average Bonchev–Trinajstić information content (AvgIpc) is 3.01. The Hall–Kier alpha value is -2.34. The van der Waals surface area contributed by atoms with Gasteiger partial charge in [-0.25, -0.2) is 4.98 Å². The van der Waals surface area contributed by atoms with Crippen LogP contribution in [0.4, 0.5) is 0 Å². The fraction of sp³-hybridized carbons (Fsp3) is 0.263. The van der Waals surface area contributed by atoms with Crippen LogP contribution in [0.15, 0.2) is 46.9 Å². The first-order valence-electron chi connectivity index (χ1n) is 8.07. The first-order valence-corrected chi connectivity index (χ1v) is 8.86. The predicted octanol–water partition coefficient (Wildman–Crippen LogP) is 3.93. The number of hydrogen-bond donors (Lipinski definition) is 1. The molecule has 0 fully saturated rings. The number of nitrogens with one attached hydrogen (secondary N) is 1. The number of imidazole rings is 1. The molecule has 0 aliphatic rings. The molecule has 6 heteroatoms. The Balaban J connectivity index is 1.58. The van der Waals surface area contributed by atoms with E-state index in [2.05, 4.69) is 25.9 Å². The second kappa shape index (κ2) is 7.70. The van der Waals surface area contributed by atoms with E-state index in [1.807, 2.05) is 42.5 Å². The molecular weight excluding hydrogens is 382 g/mol. The number of ether oxygens (including phenoxy) is 1. The van der Waals surface area contributed by atoms with Crippen molar-refractivity contribution in [3.63, 3.8) is 0 Å². The van der Waals surface area contributed by atoms with Crippen LogP contribution in [0.1, 0.15) is 17.8 Å². The summed E-state index contributed by atoms with van der Waals surface area (Å²) in [4.78, 5) is 21.9. The summed E-state index contributed by atoms with van der Waals surface area (Å²) in [6.07, 6.45) is 1.14. The molecule has 0 atom stereocenters. The summed E-state index contributed by atoms with van der Waals surface area (Å²) in [5.41, 5.74) is 3.00. The number of amides is 1. The van der Waals surface area contributed by atoms with E-state index >= 15 is 0 Å². The molecule has 130 valence electrons. The number of hydrogen-bond acceptors (Lipinski definition) is 3. The van der Waals surface area contributed by atoms with E-state index in [4.69, 9.17) is 4.74 Å². The van der Waals surface area contributed by atoms with Gasteiger partial charge in [-0.3, -0.25) is 4.79 Å². The van der Waals surface area contributed by atoms with Gasteiger partial charge >= 0.3 is 0 Å². The van der Waals surface area contributed by atoms with Crippen molar-refractivity contribution in [3.05, 3.63) is 58.3 Å². The Bertz CT molecular complexity index is 858. The normalized spacial score (nSPS) is 10.8. The minimum Gasteiger partial charge on any atom is -0.496 e. The number of H-pyrrole nitrogens is 1. The smallest absolute Gasteiger partial charge is 0.223 e. The SMILES string of the molecule is COc1ccc(CCC(=O)N(C)Cc2nc3ccccc3[nH]2)cc1Br. The largest absolute Gasteiger partial charge is 0.496 e. The number of rotatable bonds is 6. The molecule has 0 aliphatic heterocycles. The summed E-state index contributed by atoms with van der Waals surface area (Å²) in [6, 6.07) is 13.7. The van der Waals surface area contributed by atoms with Crippen molar-refractivity contribution in [2.45, 2.75) is 19.4 Å². The quantitative estimate of drug-likeness (QED) is 0.680. The Kier molecular flexibility index (Phi) is 5.38. The van der Waals surface area contributed by atoms with Gasteiger partial charge in [-0.05, 0) is 52.2 Å². The Labute approximate surface area is 155 Å². The molecule has 0 radical (unpaired) electrons. The number of nitrogens with zero attached hydrogens (tertiary/aromatic N) is 2. The van der Waals surface area contributed by atoms with Crippen molar-refractivity contribution >= 4 is 32.9 Å². The number of para-hydroxylation sites is 2. The molecule has 5 nitrogen and oxygen atoms in total. The lowest BCUT2D eigenvalue weighted by atomic mass is 10.1. The van der Waals surface area contributed by atoms with Gasteiger partial charge in [0.05, 0.1) is 29.2 Å². The maximum absolute atomic E-state index is 12.4. The number of aromatic nitrogens is 2. The molecule has 0 aliphatic carbocycles. The van der Waals surface area contributed by atoms with Gasteiger partial charge in [0.2, 0.25) is 5.91 Å². The van der Waals surface area contributed by atoms with E-state index in [0.717, 1.165) is 32.6 Å². The van der Waals surface area contributed by atoms with E-state index in [0.29, 0.717) is 19.4 Å². The van der Waals surface area contributed by atoms with E-state index in [9.17, 15) is 4.79 Å². The molecule has 3 aromatic rings. The lowest BCUT2D eigenvalue weighted by molar-refractivity contribution is -0.130. The fourth-order valence-corrected chi connectivity index (χ4v) is 3.29. The van der Waals surface area contributed by atoms with Gasteiger partial charge in [-0.2, -0.15) is 0 Å². The standard InChI is InChI=1S/C19H20BrN3O2/c1-23(12-18-21-15-5-3-4-6-16(15)22-18)19(24)10-8-13-7-9-17(25-2)14(20)11-13/h3-7,9,11H,8,10,12H2,1-2H3,(H,21,22). The highest BCUT2D eigenvalue weighted by Crippen LogP contribution is 2.26. The molecule has 25 heavy (non-hydrogen) atoms. The number of fused-ring (bicyclic) bond motifs is 1. The molecule has 0 spiro atoms. The highest BCUT2D eigenvalue weighted by Gasteiger charge is 2.12. The number of aryl methyl sites for hydroxylation is 1. The lowest BCUT2D eigenvalue weighted by Gasteiger charge is -2.16. The average molecular weight is 402 g/mol. The van der Waals surface area contributed by atoms with Crippen LogP contribution >= 0.6 is 15.9 Å². The van der Waals surface area contributed by atoms with Crippen LogP contribution in [0.3, 0.4) is 0 Å². The number of halogens is 1. The van der Waals surface area contributed by atoms with Gasteiger partial charge in [0.1, 0.15) is 11.6 Å². The Morgan fingerprint density at radius 2 is 2.08 bits per heavy atom. The van der Waals surface area contributed by atoms with Crippen LogP contribution in [0.5, 0.6) is 5.75 Å². The van der Waals surface area contributed by atoms with E-state index in [-0.39, 0.29) is 5.91 Å². The zero-order valence-electron chi connectivity index (χ0n) is 14.3. The van der Waals surface area contributed by atoms with Crippen LogP contribution in [-0.4, -0.2) is 34.9 Å². The fourth-order valence-electron chi connectivity index (χ4n) is 2.70. The minimum absolute atomic E-state index is 0.0902. The Morgan fingerprint density at radius 1 is 1.28 bits per heavy atom. The van der Waals surface area contributed by atoms with Crippen molar-refractivity contribution in [1.29, 1.82) is 0 Å². The van der Waals surface area contributed by atoms with Crippen molar-refractivity contribution < 1.29 is 9.53 Å². The second-order valence-corrected chi connectivity index (χ2v) is 6.77. The van der Waals surface area contributed by atoms with Gasteiger partial charge in [0.25, 0.3) is 0 Å². The molecule has 2 aromatic carbocycles. The molecule has 0 bridgehead atoms. The zero-order chi connectivity index (χ0) is 17.8. The van der Waals surface area contributed by atoms with Gasteiger partial charge in [0, 0.05) is 13.5 Å². The maximum atomic E-state index is 12.4. The maximum Gasteiger partial charge on any atom is 0.223 e. The number of methoxy groups -OCH3 is 1. The van der Waals surface area contributed by atoms with Crippen molar-refractivity contribution in [2.75, 3.05) is 14.2 Å². The van der Waals surface area contributed by atoms with Gasteiger partial charge < -0.3 is 14.6 Å². The van der Waals surface area contributed by atoms with Gasteiger partial charge in [-0.1, -0.05) is 18.2 Å². The molecule has 1 heterocycles. The third-order valence-electron chi connectivity index (χ3n) is 4.09. The monoisotopic (exact) mass is 401 g/mol. The highest BCUT2D eigenvalue weighted by atomic mass is 79.9. The third kappa shape index (κ3) is 4.20. The summed E-state index contributed by atoms with van der Waals surface area (Å²) in [5.74, 6) is 1.67. The first kappa shape index (κ1) is 17.5. The van der Waals surface area contributed by atoms with E-state index in [1.165, 1.54) is 0 Å². The lowest BCUT2D eigenvalue weighted by Crippen LogP contribution is -2.26. The predicted molar refractivity (Wildman–Crippen MR) is 102 cm³/mol. The molecule has 0 unspecified atom stereocenters. The van der Waals surface area contributed by atoms with Crippen LogP contribution in [0.2, 0.25) is 0 Å². The number of carbonyl (C=O) groups excluding carboxylic acids is 1. The Morgan fingerprint density at radius 3 is 2.80 bits per heavy atom. The summed E-state index contributed by atoms with van der Waals surface area (Å²) in [6.45, 7) is 0.472. The summed E-state index contributed by atoms with van der Waals surface area (Å²) in [5, 5.41) is 0. The minimum atomic E-state index is 0.0902. The molecule has 0 saturated heterocycles. The van der Waals surface area contributed by atoms with Crippen LogP contribution in [0, 0.1) is 0 Å². The topological polar surface area (TPSA) is 58.2 Å². The molecule has 3 rings (SSSR count). The number of benzene rings is 2. The molecule has 1 N–H and O–H groups in total. The van der Waals surface area contributed by atoms with Crippen molar-refractivity contribution in [2.24, 2.45) is 0 Å². The van der Waals surface area contributed by atoms with Gasteiger partial charge in [-0.15, -0.1) is 0 Å². The molecule has 0 saturated carbocycles. The van der Waals surface area contributed by atoms with Crippen LogP contribution in [-0.2, 0) is 17.8 Å². The number of carbonyl (C=O) groups is 1. The summed E-state index contributed by atoms with van der Waals surface area (Å²) in [7, 11) is 3.44. The van der Waals surface area contributed by atoms with Crippen molar-refractivity contribution in [1.82, 2.24) is 14.9 Å². The highest BCUT2D eigenvalue weighted by molar-refractivity contribution is 9.10. The molecule has 1 aromatic heterocycles. The van der Waals surface area contributed by atoms with E-state index in [1.54, 1.807) is 19.1 Å². The molecular formula is C19H20BrN3O2. The first-order chi connectivity index (χ1) is 12.1. The van der Waals surface area contributed by atoms with Crippen LogP contribution < -0.4 is 4.74 Å². The number of aromatic amines is 1. The second-order valence-electron chi connectivity index (χ2n) is 5.92. The summed E-state index contributed by atoms with van der Waals surface area (Å²) >= 11 is 3.47. The molecule has 1 amide bonds. The van der Waals surface area contributed by atoms with E-state index < -0.39 is 0 Å². The zero-order valence-corrected chi connectivity index (χ0v) is 15.8. The van der Waals surface area contributed by atoms with Gasteiger partial charge in [0.15, 0.2) is 0 Å². The van der Waals surface area contributed by atoms with Crippen molar-refractivity contribution in [3.8, 4) is 5.75 Å². The summed E-state index contributed by atoms with van der Waals surface area (Å²) < 4.78 is 6.12. The third-order valence-corrected chi connectivity index (χ3v) is 4.71.